The number of nitrogens with zero attached hydrogens (tertiary/aromatic N) is 2. The number of carbonyl (C=O) groups is 3. The minimum atomic E-state index is -0.861. The van der Waals surface area contributed by atoms with Crippen molar-refractivity contribution in [2.24, 2.45) is 5.92 Å². The summed E-state index contributed by atoms with van der Waals surface area (Å²) in [5.41, 5.74) is 4.16. The number of hydrogen-bond donors (Lipinski definition) is 0. The van der Waals surface area contributed by atoms with Crippen molar-refractivity contribution in [3.05, 3.63) is 70.8 Å². The first-order valence-electron chi connectivity index (χ1n) is 16.8. The molecule has 1 saturated heterocycles. The maximum Gasteiger partial charge on any atom is 0.308 e. The van der Waals surface area contributed by atoms with E-state index in [-0.39, 0.29) is 29.9 Å². The molecule has 1 spiro atoms. The van der Waals surface area contributed by atoms with Crippen LogP contribution in [0.25, 0.3) is 0 Å². The third-order valence-electron chi connectivity index (χ3n) is 10.9. The fourth-order valence-electron chi connectivity index (χ4n) is 9.14. The van der Waals surface area contributed by atoms with Crippen LogP contribution in [0.3, 0.4) is 0 Å². The molecule has 1 amide bonds. The van der Waals surface area contributed by atoms with Crippen molar-refractivity contribution in [3.8, 4) is 11.5 Å². The fraction of sp³-hybridized carbons (Fsp3) is 0.553. The molecule has 1 saturated carbocycles. The highest BCUT2D eigenvalue weighted by Gasteiger charge is 2.75. The topological polar surface area (TPSA) is 85.4 Å². The number of ether oxygens (including phenoxy) is 3. The number of benzene rings is 2. The summed E-state index contributed by atoms with van der Waals surface area (Å²) in [6.45, 7) is 17.4. The molecule has 2 fully saturated rings. The van der Waals surface area contributed by atoms with Crippen LogP contribution >= 0.6 is 0 Å². The number of amides is 1. The molecular formula is C38H48N2O6. The maximum absolute atomic E-state index is 14.3. The van der Waals surface area contributed by atoms with Gasteiger partial charge in [-0.1, -0.05) is 44.2 Å². The van der Waals surface area contributed by atoms with Crippen LogP contribution in [0, 0.1) is 19.8 Å². The fourth-order valence-corrected chi connectivity index (χ4v) is 9.14. The number of hydrogen-bond acceptors (Lipinski definition) is 7. The van der Waals surface area contributed by atoms with Crippen LogP contribution < -0.4 is 9.47 Å². The highest BCUT2D eigenvalue weighted by Crippen LogP contribution is 2.67. The SMILES string of the molecule is C=CCN1CC[C@]23c4c5ccc(OC(C)=O)c4OC2C(N(CC(C)C)C(=O)CCc2ccc(C)c(C)c2)CC[C@@]3(OC(C)=O)[C@H]1C5. The summed E-state index contributed by atoms with van der Waals surface area (Å²) in [6, 6.07) is 9.96. The lowest BCUT2D eigenvalue weighted by Crippen LogP contribution is -2.79. The lowest BCUT2D eigenvalue weighted by Gasteiger charge is -2.65. The Bertz CT molecular complexity index is 1570. The van der Waals surface area contributed by atoms with E-state index in [1.807, 2.05) is 18.2 Å². The van der Waals surface area contributed by atoms with Gasteiger partial charge in [0.15, 0.2) is 11.5 Å². The minimum absolute atomic E-state index is 0.0766. The number of piperidine rings is 1. The van der Waals surface area contributed by atoms with Crippen molar-refractivity contribution in [2.45, 2.75) is 109 Å². The van der Waals surface area contributed by atoms with Gasteiger partial charge in [0, 0.05) is 45.5 Å². The highest BCUT2D eigenvalue weighted by atomic mass is 16.6. The first-order valence-corrected chi connectivity index (χ1v) is 16.8. The predicted octanol–water partition coefficient (Wildman–Crippen LogP) is 5.63. The summed E-state index contributed by atoms with van der Waals surface area (Å²) in [6.07, 6.45) is 5.10. The van der Waals surface area contributed by atoms with Gasteiger partial charge in [0.05, 0.1) is 17.5 Å². The highest BCUT2D eigenvalue weighted by molar-refractivity contribution is 5.78. The van der Waals surface area contributed by atoms with Crippen molar-refractivity contribution in [1.82, 2.24) is 9.80 Å². The molecule has 46 heavy (non-hydrogen) atoms. The molecule has 2 aromatic carbocycles. The van der Waals surface area contributed by atoms with E-state index in [1.165, 1.54) is 25.0 Å². The maximum atomic E-state index is 14.3. The first kappa shape index (κ1) is 32.3. The number of likely N-dealkylation sites (tertiary alicyclic amines) is 1. The van der Waals surface area contributed by atoms with Crippen molar-refractivity contribution < 1.29 is 28.6 Å². The lowest BCUT2D eigenvalue weighted by atomic mass is 9.48. The summed E-state index contributed by atoms with van der Waals surface area (Å²) in [5.74, 6) is 0.543. The summed E-state index contributed by atoms with van der Waals surface area (Å²) in [5, 5.41) is 0. The number of rotatable bonds is 10. The normalized spacial score (nSPS) is 27.4. The quantitative estimate of drug-likeness (QED) is 0.192. The molecule has 246 valence electrons. The number of aryl methyl sites for hydroxylation is 3. The zero-order valence-electron chi connectivity index (χ0n) is 28.2. The predicted molar refractivity (Wildman–Crippen MR) is 176 cm³/mol. The molecule has 8 nitrogen and oxygen atoms in total. The van der Waals surface area contributed by atoms with Gasteiger partial charge in [-0.2, -0.15) is 0 Å². The third-order valence-corrected chi connectivity index (χ3v) is 10.9. The van der Waals surface area contributed by atoms with Gasteiger partial charge in [0.25, 0.3) is 0 Å². The van der Waals surface area contributed by atoms with E-state index in [2.05, 4.69) is 62.3 Å². The van der Waals surface area contributed by atoms with E-state index < -0.39 is 23.1 Å². The Hall–Kier alpha value is -3.65. The van der Waals surface area contributed by atoms with Gasteiger partial charge in [-0.05, 0) is 80.2 Å². The van der Waals surface area contributed by atoms with Gasteiger partial charge < -0.3 is 19.1 Å². The second-order valence-corrected chi connectivity index (χ2v) is 14.2. The van der Waals surface area contributed by atoms with E-state index in [9.17, 15) is 14.4 Å². The summed E-state index contributed by atoms with van der Waals surface area (Å²) in [7, 11) is 0. The van der Waals surface area contributed by atoms with Crippen molar-refractivity contribution >= 4 is 17.8 Å². The molecule has 2 heterocycles. The van der Waals surface area contributed by atoms with Gasteiger partial charge in [-0.15, -0.1) is 6.58 Å². The Balaban J connectivity index is 1.45. The molecular weight excluding hydrogens is 580 g/mol. The number of carbonyl (C=O) groups excluding carboxylic acids is 3. The summed E-state index contributed by atoms with van der Waals surface area (Å²) in [4.78, 5) is 44.0. The van der Waals surface area contributed by atoms with Crippen LogP contribution in [0.1, 0.15) is 81.2 Å². The monoisotopic (exact) mass is 628 g/mol. The first-order chi connectivity index (χ1) is 21.9. The summed E-state index contributed by atoms with van der Waals surface area (Å²) >= 11 is 0. The molecule has 0 N–H and O–H groups in total. The molecule has 4 aliphatic rings. The van der Waals surface area contributed by atoms with Crippen LogP contribution in [0.4, 0.5) is 0 Å². The Morgan fingerprint density at radius 2 is 1.89 bits per heavy atom. The molecule has 6 rings (SSSR count). The standard InChI is InChI=1S/C38H48N2O6/c1-8-18-39-19-17-37-34-29-12-13-31(44-26(6)41)35(34)45-36(37)30(15-16-38(37,32(39)21-29)46-27(7)42)40(22-23(2)3)33(43)14-11-28-10-9-24(4)25(5)20-28/h8-10,12-13,20,23,30,32,36H,1,11,14-19,21-22H2,2-7H3/t30?,32-,36?,37+,38-/m1/s1. The largest absolute Gasteiger partial charge is 0.483 e. The molecule has 2 aliphatic heterocycles. The second kappa shape index (κ2) is 12.2. The van der Waals surface area contributed by atoms with Crippen molar-refractivity contribution in [1.29, 1.82) is 0 Å². The molecule has 2 unspecified atom stereocenters. The van der Waals surface area contributed by atoms with Gasteiger partial charge >= 0.3 is 11.9 Å². The van der Waals surface area contributed by atoms with Crippen LogP contribution in [0.5, 0.6) is 11.5 Å². The van der Waals surface area contributed by atoms with Gasteiger partial charge in [-0.25, -0.2) is 0 Å². The van der Waals surface area contributed by atoms with Crippen LogP contribution in [-0.2, 0) is 37.4 Å². The number of esters is 2. The van der Waals surface area contributed by atoms with Crippen molar-refractivity contribution in [2.75, 3.05) is 19.6 Å². The molecule has 8 heteroatoms. The average molecular weight is 629 g/mol. The van der Waals surface area contributed by atoms with Crippen LogP contribution in [0.15, 0.2) is 43.0 Å². The Kier molecular flexibility index (Phi) is 8.55. The second-order valence-electron chi connectivity index (χ2n) is 14.2. The van der Waals surface area contributed by atoms with Gasteiger partial charge in [0.2, 0.25) is 5.91 Å². The molecule has 2 aromatic rings. The smallest absolute Gasteiger partial charge is 0.308 e. The zero-order valence-corrected chi connectivity index (χ0v) is 28.2. The Morgan fingerprint density at radius 3 is 2.57 bits per heavy atom. The van der Waals surface area contributed by atoms with E-state index in [0.29, 0.717) is 63.1 Å². The third kappa shape index (κ3) is 5.13. The molecule has 5 atom stereocenters. The average Bonchev–Trinajstić information content (AvgIpc) is 3.34. The van der Waals surface area contributed by atoms with Gasteiger partial charge in [0.1, 0.15) is 11.7 Å². The van der Waals surface area contributed by atoms with E-state index in [0.717, 1.165) is 23.2 Å². The van der Waals surface area contributed by atoms with E-state index in [1.54, 1.807) is 0 Å². The molecule has 0 aromatic heterocycles. The lowest BCUT2D eigenvalue weighted by molar-refractivity contribution is -0.223. The Morgan fingerprint density at radius 1 is 1.11 bits per heavy atom. The molecule has 2 aliphatic carbocycles. The van der Waals surface area contributed by atoms with Crippen molar-refractivity contribution in [3.63, 3.8) is 0 Å². The molecule has 2 bridgehead atoms. The van der Waals surface area contributed by atoms with E-state index in [4.69, 9.17) is 14.2 Å². The molecule has 0 radical (unpaired) electrons. The minimum Gasteiger partial charge on any atom is -0.483 e. The Labute approximate surface area is 273 Å². The van der Waals surface area contributed by atoms with Crippen LogP contribution in [-0.4, -0.2) is 71.1 Å². The van der Waals surface area contributed by atoms with Gasteiger partial charge in [-0.3, -0.25) is 19.3 Å². The van der Waals surface area contributed by atoms with Crippen LogP contribution in [0.2, 0.25) is 0 Å². The zero-order chi connectivity index (χ0) is 33.0. The summed E-state index contributed by atoms with van der Waals surface area (Å²) < 4.78 is 19.3. The van der Waals surface area contributed by atoms with E-state index >= 15 is 0 Å².